The van der Waals surface area contributed by atoms with Gasteiger partial charge in [0.05, 0.1) is 24.8 Å². The van der Waals surface area contributed by atoms with Crippen LogP contribution in [-0.4, -0.2) is 71.2 Å². The molecule has 190 valence electrons. The Hall–Kier alpha value is -3.59. The monoisotopic (exact) mass is 492 g/mol. The van der Waals surface area contributed by atoms with Crippen LogP contribution in [0.15, 0.2) is 30.5 Å². The summed E-state index contributed by atoms with van der Waals surface area (Å²) in [5.41, 5.74) is 4.48. The van der Waals surface area contributed by atoms with Crippen LogP contribution in [0.3, 0.4) is 0 Å². The maximum Gasteiger partial charge on any atom is 0.255 e. The second kappa shape index (κ2) is 10.2. The van der Waals surface area contributed by atoms with Crippen molar-refractivity contribution in [2.75, 3.05) is 33.4 Å². The lowest BCUT2D eigenvalue weighted by Gasteiger charge is -2.32. The minimum atomic E-state index is -0.485. The van der Waals surface area contributed by atoms with Crippen molar-refractivity contribution in [1.29, 1.82) is 0 Å². The number of aromatic amines is 1. The van der Waals surface area contributed by atoms with E-state index < -0.39 is 6.61 Å². The van der Waals surface area contributed by atoms with Crippen LogP contribution in [0.4, 0.5) is 0 Å². The summed E-state index contributed by atoms with van der Waals surface area (Å²) in [4.78, 5) is 34.6. The first-order valence-corrected chi connectivity index (χ1v) is 12.5. The lowest BCUT2D eigenvalue weighted by Crippen LogP contribution is -2.47. The van der Waals surface area contributed by atoms with E-state index in [0.717, 1.165) is 33.8 Å². The number of benzene rings is 1. The summed E-state index contributed by atoms with van der Waals surface area (Å²) in [6.45, 7) is 3.10. The first-order chi connectivity index (χ1) is 17.5. The number of nitrogens with zero attached hydrogens (tertiary/aromatic N) is 2. The molecule has 1 saturated heterocycles. The van der Waals surface area contributed by atoms with Crippen molar-refractivity contribution in [2.24, 2.45) is 5.92 Å². The van der Waals surface area contributed by atoms with E-state index >= 15 is 0 Å². The molecule has 1 saturated carbocycles. The zero-order valence-corrected chi connectivity index (χ0v) is 20.7. The van der Waals surface area contributed by atoms with Crippen LogP contribution < -0.4 is 14.8 Å². The molecular formula is C27H32N4O5. The Morgan fingerprint density at radius 2 is 1.94 bits per heavy atom. The van der Waals surface area contributed by atoms with Crippen molar-refractivity contribution < 1.29 is 24.2 Å². The molecule has 2 fully saturated rings. The number of nitrogens with one attached hydrogen (secondary N) is 2. The van der Waals surface area contributed by atoms with Crippen LogP contribution in [-0.2, 0) is 4.79 Å². The van der Waals surface area contributed by atoms with E-state index in [1.807, 2.05) is 31.2 Å². The van der Waals surface area contributed by atoms with Crippen LogP contribution in [0.25, 0.3) is 22.2 Å². The molecule has 0 radical (unpaired) electrons. The van der Waals surface area contributed by atoms with Gasteiger partial charge in [0.2, 0.25) is 5.91 Å². The number of aromatic nitrogens is 2. The molecule has 0 bridgehead atoms. The van der Waals surface area contributed by atoms with Gasteiger partial charge in [0.1, 0.15) is 23.6 Å². The summed E-state index contributed by atoms with van der Waals surface area (Å²) in [6.07, 6.45) is 5.40. The van der Waals surface area contributed by atoms with Gasteiger partial charge in [0.25, 0.3) is 5.91 Å². The molecule has 0 atom stereocenters. The number of rotatable bonds is 8. The number of carbonyl (C=O) groups excluding carboxylic acids is 2. The number of pyridine rings is 1. The standard InChI is InChI=1S/C27H32N4O5/c1-16-24(27(34)30-18-8-11-31(12-9-18)23(33)14-32)26-25(29-16)21(7-10-28-26)20-6-5-19(35-2)13-22(20)36-15-17-3-4-17/h5-7,10,13,17-18,29,32H,3-4,8-9,11-12,14-15H2,1-2H3,(H,30,34). The average molecular weight is 493 g/mol. The number of hydrogen-bond donors (Lipinski definition) is 3. The number of ether oxygens (including phenoxy) is 2. The highest BCUT2D eigenvalue weighted by atomic mass is 16.5. The number of amides is 2. The number of aliphatic hydroxyl groups is 1. The number of carbonyl (C=O) groups is 2. The molecule has 2 aliphatic rings. The number of aliphatic hydroxyl groups excluding tert-OH is 1. The van der Waals surface area contributed by atoms with E-state index in [4.69, 9.17) is 14.6 Å². The van der Waals surface area contributed by atoms with Crippen molar-refractivity contribution in [3.63, 3.8) is 0 Å². The van der Waals surface area contributed by atoms with E-state index in [0.29, 0.717) is 49.5 Å². The first-order valence-electron chi connectivity index (χ1n) is 12.5. The highest BCUT2D eigenvalue weighted by Crippen LogP contribution is 2.39. The molecule has 36 heavy (non-hydrogen) atoms. The maximum atomic E-state index is 13.3. The fraction of sp³-hybridized carbons (Fsp3) is 0.444. The predicted octanol–water partition coefficient (Wildman–Crippen LogP) is 3.05. The van der Waals surface area contributed by atoms with Gasteiger partial charge >= 0.3 is 0 Å². The van der Waals surface area contributed by atoms with Gasteiger partial charge in [-0.2, -0.15) is 0 Å². The zero-order chi connectivity index (χ0) is 25.2. The number of hydrogen-bond acceptors (Lipinski definition) is 6. The molecule has 2 aromatic heterocycles. The van der Waals surface area contributed by atoms with Crippen molar-refractivity contribution in [3.8, 4) is 22.6 Å². The van der Waals surface area contributed by atoms with E-state index in [9.17, 15) is 9.59 Å². The number of piperidine rings is 1. The Balaban J connectivity index is 1.41. The Morgan fingerprint density at radius 3 is 2.64 bits per heavy atom. The second-order valence-electron chi connectivity index (χ2n) is 9.61. The normalized spacial score (nSPS) is 16.2. The molecule has 3 N–H and O–H groups in total. The number of H-pyrrole nitrogens is 1. The number of fused-ring (bicyclic) bond motifs is 1. The molecule has 5 rings (SSSR count). The third-order valence-electron chi connectivity index (χ3n) is 7.07. The maximum absolute atomic E-state index is 13.3. The summed E-state index contributed by atoms with van der Waals surface area (Å²) in [5.74, 6) is 1.62. The largest absolute Gasteiger partial charge is 0.497 e. The van der Waals surface area contributed by atoms with Crippen molar-refractivity contribution in [1.82, 2.24) is 20.2 Å². The van der Waals surface area contributed by atoms with Gasteiger partial charge in [-0.1, -0.05) is 0 Å². The van der Waals surface area contributed by atoms with Gasteiger partial charge in [0, 0.05) is 48.2 Å². The summed E-state index contributed by atoms with van der Waals surface area (Å²) in [6, 6.07) is 7.67. The lowest BCUT2D eigenvalue weighted by molar-refractivity contribution is -0.135. The molecule has 9 nitrogen and oxygen atoms in total. The Kier molecular flexibility index (Phi) is 6.82. The highest BCUT2D eigenvalue weighted by Gasteiger charge is 2.27. The minimum absolute atomic E-state index is 0.0446. The molecule has 1 aromatic carbocycles. The van der Waals surface area contributed by atoms with Crippen LogP contribution in [0.1, 0.15) is 41.7 Å². The minimum Gasteiger partial charge on any atom is -0.497 e. The van der Waals surface area contributed by atoms with Gasteiger partial charge < -0.3 is 29.8 Å². The van der Waals surface area contributed by atoms with E-state index in [1.165, 1.54) is 12.8 Å². The zero-order valence-electron chi connectivity index (χ0n) is 20.7. The predicted molar refractivity (Wildman–Crippen MR) is 135 cm³/mol. The molecule has 1 aliphatic heterocycles. The van der Waals surface area contributed by atoms with Gasteiger partial charge in [-0.3, -0.25) is 14.6 Å². The van der Waals surface area contributed by atoms with Crippen molar-refractivity contribution in [3.05, 3.63) is 41.7 Å². The molecule has 0 unspecified atom stereocenters. The van der Waals surface area contributed by atoms with Crippen molar-refractivity contribution in [2.45, 2.75) is 38.6 Å². The summed E-state index contributed by atoms with van der Waals surface area (Å²) < 4.78 is 11.6. The van der Waals surface area contributed by atoms with E-state index in [2.05, 4.69) is 15.3 Å². The third kappa shape index (κ3) is 4.88. The summed E-state index contributed by atoms with van der Waals surface area (Å²) in [7, 11) is 1.64. The van der Waals surface area contributed by atoms with Crippen LogP contribution in [0.2, 0.25) is 0 Å². The fourth-order valence-corrected chi connectivity index (χ4v) is 4.80. The van der Waals surface area contributed by atoms with Crippen LogP contribution >= 0.6 is 0 Å². The van der Waals surface area contributed by atoms with E-state index in [1.54, 1.807) is 18.2 Å². The smallest absolute Gasteiger partial charge is 0.255 e. The quantitative estimate of drug-likeness (QED) is 0.445. The number of likely N-dealkylation sites (tertiary alicyclic amines) is 1. The van der Waals surface area contributed by atoms with Gasteiger partial charge in [-0.05, 0) is 56.7 Å². The molecule has 3 aromatic rings. The van der Waals surface area contributed by atoms with Gasteiger partial charge in [0.15, 0.2) is 0 Å². The Morgan fingerprint density at radius 1 is 1.17 bits per heavy atom. The van der Waals surface area contributed by atoms with Gasteiger partial charge in [-0.25, -0.2) is 0 Å². The van der Waals surface area contributed by atoms with Gasteiger partial charge in [-0.15, -0.1) is 0 Å². The molecule has 9 heteroatoms. The summed E-state index contributed by atoms with van der Waals surface area (Å²) in [5, 5.41) is 12.2. The first kappa shape index (κ1) is 24.1. The SMILES string of the molecule is COc1ccc(-c2ccnc3c(C(=O)NC4CCN(C(=O)CO)CC4)c(C)[nH]c23)c(OCC2CC2)c1. The van der Waals surface area contributed by atoms with E-state index in [-0.39, 0.29) is 17.9 Å². The molecule has 2 amide bonds. The Labute approximate surface area is 209 Å². The molecule has 3 heterocycles. The van der Waals surface area contributed by atoms with Crippen LogP contribution in [0, 0.1) is 12.8 Å². The topological polar surface area (TPSA) is 117 Å². The number of aryl methyl sites for hydroxylation is 1. The Bertz CT molecular complexity index is 1270. The summed E-state index contributed by atoms with van der Waals surface area (Å²) >= 11 is 0. The average Bonchev–Trinajstić information content (AvgIpc) is 3.66. The molecule has 1 aliphatic carbocycles. The lowest BCUT2D eigenvalue weighted by atomic mass is 10.0. The molecular weight excluding hydrogens is 460 g/mol. The third-order valence-corrected chi connectivity index (χ3v) is 7.07. The highest BCUT2D eigenvalue weighted by molar-refractivity contribution is 6.09. The second-order valence-corrected chi connectivity index (χ2v) is 9.61. The number of methoxy groups -OCH3 is 1. The van der Waals surface area contributed by atoms with Crippen molar-refractivity contribution >= 4 is 22.8 Å². The fourth-order valence-electron chi connectivity index (χ4n) is 4.80. The molecule has 0 spiro atoms. The van der Waals surface area contributed by atoms with Crippen LogP contribution in [0.5, 0.6) is 11.5 Å².